The zero-order valence-electron chi connectivity index (χ0n) is 36.2. The van der Waals surface area contributed by atoms with Crippen molar-refractivity contribution in [1.82, 2.24) is 0 Å². The van der Waals surface area contributed by atoms with Crippen LogP contribution >= 0.6 is 7.82 Å². The van der Waals surface area contributed by atoms with Gasteiger partial charge in [0.2, 0.25) is 0 Å². The molecule has 12 bridgehead atoms. The van der Waals surface area contributed by atoms with Gasteiger partial charge < -0.3 is 153 Å². The average Bonchev–Trinajstić information content (AvgIpc) is 3.33. The van der Waals surface area contributed by atoms with Gasteiger partial charge in [-0.05, 0) is 0 Å². The van der Waals surface area contributed by atoms with E-state index in [9.17, 15) is 101 Å². The molecule has 0 amide bonds. The molecule has 33 nitrogen and oxygen atoms in total. The van der Waals surface area contributed by atoms with Crippen LogP contribution < -0.4 is 0 Å². The van der Waals surface area contributed by atoms with E-state index in [4.69, 9.17) is 56.8 Å². The summed E-state index contributed by atoms with van der Waals surface area (Å²) >= 11 is 0. The predicted octanol–water partition coefficient (Wildman–Crippen LogP) is -12.9. The highest BCUT2D eigenvalue weighted by molar-refractivity contribution is 7.46. The number of phosphoric acid groups is 1. The van der Waals surface area contributed by atoms with Crippen LogP contribution in [-0.2, 0) is 65.9 Å². The minimum Gasteiger partial charge on any atom is -0.394 e. The number of hydrogen-bond acceptors (Lipinski definition) is 31. The Morgan fingerprint density at radius 1 is 0.286 bits per heavy atom. The molecule has 22 heterocycles. The zero-order valence-corrected chi connectivity index (χ0v) is 37.1. The van der Waals surface area contributed by atoms with E-state index in [0.717, 1.165) is 0 Å². The quantitative estimate of drug-likeness (QED) is 0.100. The van der Waals surface area contributed by atoms with Gasteiger partial charge in [0.1, 0.15) is 146 Å². The van der Waals surface area contributed by atoms with Gasteiger partial charge >= 0.3 is 7.82 Å². The van der Waals surface area contributed by atoms with E-state index in [0.29, 0.717) is 0 Å². The third-order valence-corrected chi connectivity index (χ3v) is 13.4. The Labute approximate surface area is 394 Å². The summed E-state index contributed by atoms with van der Waals surface area (Å²) in [6.07, 6.45) is -61.3. The Hall–Kier alpha value is -1.05. The van der Waals surface area contributed by atoms with Gasteiger partial charge in [0.15, 0.2) is 37.7 Å². The van der Waals surface area contributed by atoms with E-state index < -0.39 is 232 Å². The molecule has 0 aliphatic carbocycles. The van der Waals surface area contributed by atoms with Crippen LogP contribution in [0.1, 0.15) is 0 Å². The monoisotopic (exact) mass is 1050 g/mol. The minimum absolute atomic E-state index is 1.02. The zero-order chi connectivity index (χ0) is 51.3. The van der Waals surface area contributed by atoms with Gasteiger partial charge in [-0.2, -0.15) is 0 Å². The lowest BCUT2D eigenvalue weighted by Crippen LogP contribution is -2.69. The summed E-state index contributed by atoms with van der Waals surface area (Å²) in [5, 5.41) is 186. The highest BCUT2D eigenvalue weighted by Crippen LogP contribution is 2.40. The van der Waals surface area contributed by atoms with Crippen molar-refractivity contribution in [1.29, 1.82) is 0 Å². The fourth-order valence-electron chi connectivity index (χ4n) is 9.09. The second-order valence-electron chi connectivity index (χ2n) is 17.4. The van der Waals surface area contributed by atoms with Crippen LogP contribution in [-0.4, -0.2) is 320 Å². The van der Waals surface area contributed by atoms with E-state index in [1.54, 1.807) is 0 Å². The summed E-state index contributed by atoms with van der Waals surface area (Å²) in [5.41, 5.74) is 0. The van der Waals surface area contributed by atoms with Crippen molar-refractivity contribution in [3.05, 3.63) is 0 Å². The molecule has 408 valence electrons. The molecule has 0 saturated carbocycles. The maximum absolute atomic E-state index is 11.8. The van der Waals surface area contributed by atoms with Gasteiger partial charge in [-0.3, -0.25) is 4.52 Å². The second kappa shape index (κ2) is 23.5. The maximum atomic E-state index is 11.8. The molecule has 30 atom stereocenters. The van der Waals surface area contributed by atoms with Crippen molar-refractivity contribution in [2.75, 3.05) is 39.6 Å². The van der Waals surface area contributed by atoms with Gasteiger partial charge in [-0.1, -0.05) is 0 Å². The lowest BCUT2D eigenvalue weighted by atomic mass is 9.94. The number of rotatable bonds is 8. The lowest BCUT2D eigenvalue weighted by Gasteiger charge is -2.50. The number of aliphatic hydroxyl groups excluding tert-OH is 17. The number of phosphoric ester groups is 1. The first-order valence-electron chi connectivity index (χ1n) is 21.8. The Morgan fingerprint density at radius 3 is 0.629 bits per heavy atom. The first-order valence-corrected chi connectivity index (χ1v) is 23.4. The molecule has 22 saturated heterocycles. The summed E-state index contributed by atoms with van der Waals surface area (Å²) < 4.78 is 84.1. The van der Waals surface area contributed by atoms with Gasteiger partial charge in [-0.15, -0.1) is 0 Å². The van der Waals surface area contributed by atoms with Crippen LogP contribution in [0.3, 0.4) is 0 Å². The fraction of sp³-hybridized carbons (Fsp3) is 1.00. The Bertz CT molecular complexity index is 1690. The van der Waals surface area contributed by atoms with Crippen molar-refractivity contribution >= 4 is 7.82 Å². The molecule has 19 N–H and O–H groups in total. The molecule has 0 radical (unpaired) electrons. The Morgan fingerprint density at radius 2 is 0.457 bits per heavy atom. The van der Waals surface area contributed by atoms with Gasteiger partial charge in [0, 0.05) is 0 Å². The van der Waals surface area contributed by atoms with E-state index in [1.165, 1.54) is 0 Å². The molecular formula is C36H61O33P. The van der Waals surface area contributed by atoms with Crippen LogP contribution in [0.15, 0.2) is 0 Å². The Kier molecular flexibility index (Phi) is 19.0. The van der Waals surface area contributed by atoms with Crippen molar-refractivity contribution in [3.8, 4) is 0 Å². The lowest BCUT2D eigenvalue weighted by molar-refractivity contribution is -0.404. The SMILES string of the molecule is O=P(O)(O)OC[C@H]1O[C@@H]2O[C@H]3[C@H](O)[C@@H](O)[C@@H](O[C@H]4[C@H](O)[C@@H](O)[C@@H](O[C@H]5[C@H](O)[C@@H](O)[C@@H](O[C@H]6[C@H](O)[C@@H](O)[C@@H](O[C@H]7[C@H](O)[C@@H](O)[C@@H](O[C@H]1[C@H](O)[C@H]2O)O[C@@H]7CO)O[C@@H]6CO)O[C@@H]5CO)O[C@@H]4CO)O[C@@H]3CO. The maximum Gasteiger partial charge on any atom is 0.469 e. The smallest absolute Gasteiger partial charge is 0.394 e. The first kappa shape index (κ1) is 56.7. The normalized spacial score (nSPS) is 53.1. The summed E-state index contributed by atoms with van der Waals surface area (Å²) in [6, 6.07) is 0. The van der Waals surface area contributed by atoms with E-state index in [2.05, 4.69) is 4.52 Å². The first-order chi connectivity index (χ1) is 33.1. The third kappa shape index (κ3) is 11.5. The fourth-order valence-corrected chi connectivity index (χ4v) is 9.43. The molecule has 0 aromatic carbocycles. The highest BCUT2D eigenvalue weighted by Gasteiger charge is 2.59. The molecule has 0 aromatic rings. The van der Waals surface area contributed by atoms with Crippen molar-refractivity contribution in [2.24, 2.45) is 0 Å². The molecular weight excluding hydrogens is 991 g/mol. The minimum atomic E-state index is -5.37. The topological polar surface area (TPSA) is 521 Å². The van der Waals surface area contributed by atoms with E-state index >= 15 is 0 Å². The van der Waals surface area contributed by atoms with Crippen LogP contribution in [0.2, 0.25) is 0 Å². The van der Waals surface area contributed by atoms with Crippen LogP contribution in [0, 0.1) is 0 Å². The van der Waals surface area contributed by atoms with Crippen LogP contribution in [0.5, 0.6) is 0 Å². The van der Waals surface area contributed by atoms with E-state index in [-0.39, 0.29) is 0 Å². The van der Waals surface area contributed by atoms with Gasteiger partial charge in [0.05, 0.1) is 39.6 Å². The van der Waals surface area contributed by atoms with Crippen LogP contribution in [0.25, 0.3) is 0 Å². The van der Waals surface area contributed by atoms with Crippen molar-refractivity contribution in [2.45, 2.75) is 184 Å². The molecule has 22 aliphatic heterocycles. The number of ether oxygens (including phenoxy) is 12. The van der Waals surface area contributed by atoms with E-state index in [1.807, 2.05) is 0 Å². The van der Waals surface area contributed by atoms with Crippen molar-refractivity contribution in [3.63, 3.8) is 0 Å². The van der Waals surface area contributed by atoms with Gasteiger partial charge in [-0.25, -0.2) is 4.57 Å². The summed E-state index contributed by atoms with van der Waals surface area (Å²) in [7, 11) is -5.37. The standard InChI is InChI=1S/C36H61O33P/c37-1-7-25-13(42)19(48)31(58-7)65-26-8(2-38)60-33(21(50)15(26)44)67-28-10(4-40)62-35(23(52)17(28)46)69-30-12(6-57-70(54,55)56)63-36(24(53)18(30)47)68-29-11(5-41)61-34(22(51)16(29)45)66-27-9(3-39)59-32(64-25)20(49)14(27)43/h7-53H,1-6H2,(H2,54,55,56)/t7-,8-,9-,10-,11-,12-,13-,14-,15-,16-,17-,18-,19-,20-,21-,22-,23-,24-,25-,26-,27-,28-,29-,30-,31-,32-,33-,34-,35-,36-/m1/s1. The molecule has 0 spiro atoms. The molecule has 22 aliphatic rings. The Balaban J connectivity index is 1.21. The molecule has 34 heteroatoms. The summed E-state index contributed by atoms with van der Waals surface area (Å²) in [4.78, 5) is 19.0. The molecule has 22 rings (SSSR count). The molecule has 70 heavy (non-hydrogen) atoms. The van der Waals surface area contributed by atoms with Crippen molar-refractivity contribution < 1.29 is 163 Å². The molecule has 22 fully saturated rings. The summed E-state index contributed by atoms with van der Waals surface area (Å²) in [6.45, 7) is -6.47. The highest BCUT2D eigenvalue weighted by atomic mass is 31.2. The predicted molar refractivity (Wildman–Crippen MR) is 207 cm³/mol. The molecule has 0 aromatic heterocycles. The third-order valence-electron chi connectivity index (χ3n) is 12.9. The second-order valence-corrected chi connectivity index (χ2v) is 18.7. The van der Waals surface area contributed by atoms with Gasteiger partial charge in [0.25, 0.3) is 0 Å². The number of aliphatic hydroxyl groups is 17. The number of hydrogen-bond donors (Lipinski definition) is 19. The summed E-state index contributed by atoms with van der Waals surface area (Å²) in [5.74, 6) is 0. The average molecular weight is 1050 g/mol. The largest absolute Gasteiger partial charge is 0.469 e. The molecule has 0 unspecified atom stereocenters. The van der Waals surface area contributed by atoms with Crippen LogP contribution in [0.4, 0.5) is 0 Å².